The number of hydrogen-bond donors (Lipinski definition) is 2. The Hall–Kier alpha value is -0.120. The summed E-state index contributed by atoms with van der Waals surface area (Å²) in [6.45, 7) is 4.89. The van der Waals surface area contributed by atoms with Gasteiger partial charge in [-0.3, -0.25) is 0 Å². The molecule has 2 aliphatic rings. The number of rotatable bonds is 5. The monoisotopic (exact) mass is 240 g/mol. The van der Waals surface area contributed by atoms with Crippen molar-refractivity contribution in [3.05, 3.63) is 0 Å². The molecule has 3 heteroatoms. The molecule has 2 atom stereocenters. The van der Waals surface area contributed by atoms with Gasteiger partial charge < -0.3 is 15.3 Å². The van der Waals surface area contributed by atoms with E-state index in [1.54, 1.807) is 0 Å². The Morgan fingerprint density at radius 2 is 1.76 bits per heavy atom. The molecule has 1 aliphatic carbocycles. The SMILES string of the molecule is OC1CCCCCC1NCCCN1CCCC1. The molecule has 0 spiro atoms. The third-order valence-corrected chi connectivity index (χ3v) is 4.24. The molecule has 0 bridgehead atoms. The molecule has 1 saturated carbocycles. The van der Waals surface area contributed by atoms with Crippen molar-refractivity contribution in [2.24, 2.45) is 0 Å². The van der Waals surface area contributed by atoms with Crippen LogP contribution in [0.15, 0.2) is 0 Å². The Kier molecular flexibility index (Phi) is 5.75. The van der Waals surface area contributed by atoms with Gasteiger partial charge in [-0.15, -0.1) is 0 Å². The molecule has 3 nitrogen and oxygen atoms in total. The fourth-order valence-electron chi connectivity index (χ4n) is 3.12. The summed E-state index contributed by atoms with van der Waals surface area (Å²) in [5, 5.41) is 13.5. The van der Waals surface area contributed by atoms with Crippen LogP contribution in [0.3, 0.4) is 0 Å². The van der Waals surface area contributed by atoms with Crippen LogP contribution in [0.25, 0.3) is 0 Å². The average Bonchev–Trinajstić information content (AvgIpc) is 2.76. The normalized spacial score (nSPS) is 31.6. The van der Waals surface area contributed by atoms with E-state index in [2.05, 4.69) is 10.2 Å². The molecule has 0 aromatic carbocycles. The van der Waals surface area contributed by atoms with Crippen LogP contribution in [0.5, 0.6) is 0 Å². The summed E-state index contributed by atoms with van der Waals surface area (Å²) in [7, 11) is 0. The largest absolute Gasteiger partial charge is 0.392 e. The van der Waals surface area contributed by atoms with E-state index in [-0.39, 0.29) is 6.10 Å². The lowest BCUT2D eigenvalue weighted by molar-refractivity contribution is 0.119. The van der Waals surface area contributed by atoms with Crippen molar-refractivity contribution in [1.29, 1.82) is 0 Å². The van der Waals surface area contributed by atoms with Crippen LogP contribution >= 0.6 is 0 Å². The first-order valence-corrected chi connectivity index (χ1v) is 7.50. The lowest BCUT2D eigenvalue weighted by Gasteiger charge is -2.22. The van der Waals surface area contributed by atoms with Crippen molar-refractivity contribution in [1.82, 2.24) is 10.2 Å². The van der Waals surface area contributed by atoms with Gasteiger partial charge in [0.15, 0.2) is 0 Å². The molecule has 2 N–H and O–H groups in total. The zero-order chi connectivity index (χ0) is 11.9. The molecule has 2 unspecified atom stereocenters. The third-order valence-electron chi connectivity index (χ3n) is 4.24. The summed E-state index contributed by atoms with van der Waals surface area (Å²) in [5.41, 5.74) is 0. The maximum absolute atomic E-state index is 9.99. The molecule has 0 amide bonds. The highest BCUT2D eigenvalue weighted by Crippen LogP contribution is 2.18. The van der Waals surface area contributed by atoms with Gasteiger partial charge in [-0.1, -0.05) is 19.3 Å². The Labute approximate surface area is 106 Å². The van der Waals surface area contributed by atoms with Crippen molar-refractivity contribution in [3.63, 3.8) is 0 Å². The molecule has 100 valence electrons. The molecule has 0 radical (unpaired) electrons. The van der Waals surface area contributed by atoms with Gasteiger partial charge in [0.1, 0.15) is 0 Å². The van der Waals surface area contributed by atoms with Crippen molar-refractivity contribution < 1.29 is 5.11 Å². The Bertz CT molecular complexity index is 204. The lowest BCUT2D eigenvalue weighted by Crippen LogP contribution is -2.40. The van der Waals surface area contributed by atoms with Crippen LogP contribution in [0.1, 0.15) is 51.4 Å². The molecule has 0 aromatic rings. The van der Waals surface area contributed by atoms with Crippen LogP contribution < -0.4 is 5.32 Å². The first kappa shape index (κ1) is 13.3. The quantitative estimate of drug-likeness (QED) is 0.568. The van der Waals surface area contributed by atoms with E-state index in [1.807, 2.05) is 0 Å². The second-order valence-corrected chi connectivity index (χ2v) is 5.67. The molecule has 17 heavy (non-hydrogen) atoms. The summed E-state index contributed by atoms with van der Waals surface area (Å²) in [6, 6.07) is 0.357. The van der Waals surface area contributed by atoms with E-state index in [1.165, 1.54) is 58.2 Å². The number of nitrogens with zero attached hydrogens (tertiary/aromatic N) is 1. The highest BCUT2D eigenvalue weighted by molar-refractivity contribution is 4.79. The fourth-order valence-corrected chi connectivity index (χ4v) is 3.12. The van der Waals surface area contributed by atoms with Gasteiger partial charge in [0.2, 0.25) is 0 Å². The second kappa shape index (κ2) is 7.34. The van der Waals surface area contributed by atoms with Gasteiger partial charge in [-0.25, -0.2) is 0 Å². The minimum atomic E-state index is -0.107. The van der Waals surface area contributed by atoms with Gasteiger partial charge >= 0.3 is 0 Å². The van der Waals surface area contributed by atoms with Gasteiger partial charge in [0.05, 0.1) is 6.10 Å². The highest BCUT2D eigenvalue weighted by Gasteiger charge is 2.20. The van der Waals surface area contributed by atoms with Crippen LogP contribution in [-0.4, -0.2) is 48.3 Å². The molecule has 0 aromatic heterocycles. The summed E-state index contributed by atoms with van der Waals surface area (Å²) >= 11 is 0. The Morgan fingerprint density at radius 3 is 2.59 bits per heavy atom. The fraction of sp³-hybridized carbons (Fsp3) is 1.00. The van der Waals surface area contributed by atoms with Crippen molar-refractivity contribution in [3.8, 4) is 0 Å². The first-order chi connectivity index (χ1) is 8.36. The maximum atomic E-state index is 9.99. The molecular weight excluding hydrogens is 212 g/mol. The number of nitrogens with one attached hydrogen (secondary N) is 1. The zero-order valence-electron chi connectivity index (χ0n) is 11.0. The average molecular weight is 240 g/mol. The zero-order valence-corrected chi connectivity index (χ0v) is 11.0. The minimum Gasteiger partial charge on any atom is -0.392 e. The maximum Gasteiger partial charge on any atom is 0.0693 e. The van der Waals surface area contributed by atoms with E-state index in [0.717, 1.165) is 19.4 Å². The number of aliphatic hydroxyl groups excluding tert-OH is 1. The first-order valence-electron chi connectivity index (χ1n) is 7.50. The number of aliphatic hydroxyl groups is 1. The van der Waals surface area contributed by atoms with Crippen LogP contribution in [-0.2, 0) is 0 Å². The van der Waals surface area contributed by atoms with Crippen LogP contribution in [0, 0.1) is 0 Å². The summed E-state index contributed by atoms with van der Waals surface area (Å²) < 4.78 is 0. The van der Waals surface area contributed by atoms with Crippen molar-refractivity contribution in [2.75, 3.05) is 26.2 Å². The Morgan fingerprint density at radius 1 is 1.00 bits per heavy atom. The Balaban J connectivity index is 1.56. The van der Waals surface area contributed by atoms with Crippen molar-refractivity contribution in [2.45, 2.75) is 63.5 Å². The minimum absolute atomic E-state index is 0.107. The summed E-state index contributed by atoms with van der Waals surface area (Å²) in [4.78, 5) is 2.56. The number of hydrogen-bond acceptors (Lipinski definition) is 3. The summed E-state index contributed by atoms with van der Waals surface area (Å²) in [5.74, 6) is 0. The second-order valence-electron chi connectivity index (χ2n) is 5.67. The van der Waals surface area contributed by atoms with E-state index < -0.39 is 0 Å². The van der Waals surface area contributed by atoms with Crippen molar-refractivity contribution >= 4 is 0 Å². The van der Waals surface area contributed by atoms with E-state index in [0.29, 0.717) is 6.04 Å². The van der Waals surface area contributed by atoms with Gasteiger partial charge in [0.25, 0.3) is 0 Å². The highest BCUT2D eigenvalue weighted by atomic mass is 16.3. The van der Waals surface area contributed by atoms with Crippen LogP contribution in [0.2, 0.25) is 0 Å². The topological polar surface area (TPSA) is 35.5 Å². The predicted octanol–water partition coefficient (Wildman–Crippen LogP) is 1.76. The van der Waals surface area contributed by atoms with Gasteiger partial charge in [-0.05, 0) is 58.3 Å². The molecular formula is C14H28N2O. The van der Waals surface area contributed by atoms with E-state index in [4.69, 9.17) is 0 Å². The molecule has 2 rings (SSSR count). The van der Waals surface area contributed by atoms with E-state index >= 15 is 0 Å². The predicted molar refractivity (Wildman–Crippen MR) is 71.2 cm³/mol. The molecule has 2 fully saturated rings. The smallest absolute Gasteiger partial charge is 0.0693 e. The lowest BCUT2D eigenvalue weighted by atomic mass is 10.1. The third kappa shape index (κ3) is 4.57. The molecule has 1 aliphatic heterocycles. The number of likely N-dealkylation sites (tertiary alicyclic amines) is 1. The van der Waals surface area contributed by atoms with E-state index in [9.17, 15) is 5.11 Å². The van der Waals surface area contributed by atoms with Crippen LogP contribution in [0.4, 0.5) is 0 Å². The molecule has 1 saturated heterocycles. The molecule has 1 heterocycles. The summed E-state index contributed by atoms with van der Waals surface area (Å²) in [6.07, 6.45) is 9.81. The van der Waals surface area contributed by atoms with Gasteiger partial charge in [0, 0.05) is 6.04 Å². The standard InChI is InChI=1S/C14H28N2O/c17-14-8-3-1-2-7-13(14)15-9-6-12-16-10-4-5-11-16/h13-15,17H,1-12H2. The van der Waals surface area contributed by atoms with Gasteiger partial charge in [-0.2, -0.15) is 0 Å².